The largest absolute Gasteiger partial charge is 0.463 e. The molecule has 0 saturated heterocycles. The molecular weight excluding hydrogens is 417 g/mol. The normalized spacial score (nSPS) is 11.5. The van der Waals surface area contributed by atoms with Crippen LogP contribution in [0.3, 0.4) is 0 Å². The number of H-pyrrole nitrogens is 1. The van der Waals surface area contributed by atoms with Crippen LogP contribution >= 0.6 is 11.8 Å². The average molecular weight is 428 g/mol. The van der Waals surface area contributed by atoms with Gasteiger partial charge in [0.25, 0.3) is 5.56 Å². The van der Waals surface area contributed by atoms with E-state index in [1.54, 1.807) is 30.3 Å². The highest BCUT2D eigenvalue weighted by Gasteiger charge is 2.36. The number of alkyl halides is 3. The maximum atomic E-state index is 13.6. The fourth-order valence-electron chi connectivity index (χ4n) is 2.81. The van der Waals surface area contributed by atoms with Crippen LogP contribution in [0.2, 0.25) is 0 Å². The molecule has 0 saturated carbocycles. The van der Waals surface area contributed by atoms with Crippen molar-refractivity contribution in [2.45, 2.75) is 17.0 Å². The summed E-state index contributed by atoms with van der Waals surface area (Å²) >= 11 is 0.831. The Labute approximate surface area is 171 Å². The zero-order valence-electron chi connectivity index (χ0n) is 15.0. The summed E-state index contributed by atoms with van der Waals surface area (Å²) in [5.74, 6) is 0.0642. The van der Waals surface area contributed by atoms with Gasteiger partial charge in [0.2, 0.25) is 0 Å². The van der Waals surface area contributed by atoms with E-state index in [1.165, 1.54) is 18.4 Å². The minimum atomic E-state index is -4.76. The molecule has 0 aliphatic carbocycles. The predicted octanol–water partition coefficient (Wildman–Crippen LogP) is 4.76. The number of aromatic nitrogens is 3. The second-order valence-corrected chi connectivity index (χ2v) is 7.10. The number of hydrogen-bond acceptors (Lipinski definition) is 6. The van der Waals surface area contributed by atoms with Crippen molar-refractivity contribution in [2.24, 2.45) is 0 Å². The molecule has 3 aromatic heterocycles. The number of halogens is 3. The van der Waals surface area contributed by atoms with Crippen molar-refractivity contribution < 1.29 is 17.6 Å². The Kier molecular flexibility index (Phi) is 5.05. The van der Waals surface area contributed by atoms with Crippen molar-refractivity contribution in [1.29, 1.82) is 5.26 Å². The van der Waals surface area contributed by atoms with Crippen molar-refractivity contribution in [2.75, 3.05) is 0 Å². The van der Waals surface area contributed by atoms with Crippen LogP contribution < -0.4 is 5.56 Å². The lowest BCUT2D eigenvalue weighted by molar-refractivity contribution is -0.138. The number of thioether (sulfide) groups is 1. The summed E-state index contributed by atoms with van der Waals surface area (Å²) in [6.45, 7) is 0. The number of aromatic amines is 1. The van der Waals surface area contributed by atoms with Crippen molar-refractivity contribution in [1.82, 2.24) is 15.0 Å². The fraction of sp³-hybridized carbons (Fsp3) is 0.100. The van der Waals surface area contributed by atoms with Gasteiger partial charge in [0, 0.05) is 5.75 Å². The van der Waals surface area contributed by atoms with E-state index >= 15 is 0 Å². The smallest absolute Gasteiger partial charge is 0.417 e. The minimum Gasteiger partial charge on any atom is -0.463 e. The third kappa shape index (κ3) is 3.79. The average Bonchev–Trinajstić information content (AvgIpc) is 3.25. The molecule has 4 aromatic rings. The maximum Gasteiger partial charge on any atom is 0.417 e. The molecule has 0 unspecified atom stereocenters. The fourth-order valence-corrected chi connectivity index (χ4v) is 3.74. The predicted molar refractivity (Wildman–Crippen MR) is 104 cm³/mol. The van der Waals surface area contributed by atoms with E-state index < -0.39 is 22.9 Å². The van der Waals surface area contributed by atoms with Gasteiger partial charge in [0.15, 0.2) is 5.76 Å². The monoisotopic (exact) mass is 428 g/mol. The molecule has 0 amide bonds. The highest BCUT2D eigenvalue weighted by atomic mass is 32.2. The van der Waals surface area contributed by atoms with Crippen LogP contribution in [0, 0.1) is 11.3 Å². The SMILES string of the molecule is N#Cc1c(C(F)(F)F)cc(-c2ccco2)nc1SCc1nc2ccccc2[nH]c1=O. The van der Waals surface area contributed by atoms with E-state index in [1.807, 2.05) is 0 Å². The number of nitrogens with one attached hydrogen (secondary N) is 1. The molecule has 150 valence electrons. The number of rotatable bonds is 4. The molecule has 30 heavy (non-hydrogen) atoms. The molecule has 4 rings (SSSR count). The number of benzene rings is 1. The number of pyridine rings is 1. The Hall–Kier alpha value is -3.58. The van der Waals surface area contributed by atoms with E-state index in [9.17, 15) is 23.2 Å². The van der Waals surface area contributed by atoms with Gasteiger partial charge in [-0.2, -0.15) is 18.4 Å². The Morgan fingerprint density at radius 1 is 1.17 bits per heavy atom. The number of para-hydroxylation sites is 2. The van der Waals surface area contributed by atoms with E-state index in [4.69, 9.17) is 4.42 Å². The van der Waals surface area contributed by atoms with Crippen LogP contribution in [-0.2, 0) is 11.9 Å². The zero-order chi connectivity index (χ0) is 21.3. The van der Waals surface area contributed by atoms with Gasteiger partial charge in [-0.15, -0.1) is 0 Å². The second kappa shape index (κ2) is 7.68. The van der Waals surface area contributed by atoms with E-state index in [2.05, 4.69) is 15.0 Å². The molecule has 1 aromatic carbocycles. The van der Waals surface area contributed by atoms with Gasteiger partial charge in [0.05, 0.1) is 28.4 Å². The molecule has 0 fully saturated rings. The number of fused-ring (bicyclic) bond motifs is 1. The van der Waals surface area contributed by atoms with Crippen molar-refractivity contribution in [3.8, 4) is 17.5 Å². The molecule has 0 radical (unpaired) electrons. The van der Waals surface area contributed by atoms with Crippen LogP contribution in [-0.4, -0.2) is 15.0 Å². The van der Waals surface area contributed by atoms with Gasteiger partial charge in [-0.05, 0) is 30.3 Å². The molecular formula is C20H11F3N4O2S. The van der Waals surface area contributed by atoms with Crippen molar-refractivity contribution in [3.05, 3.63) is 75.9 Å². The summed E-state index contributed by atoms with van der Waals surface area (Å²) in [5, 5.41) is 9.21. The number of nitrogens with zero attached hydrogens (tertiary/aromatic N) is 3. The molecule has 1 N–H and O–H groups in total. The zero-order valence-corrected chi connectivity index (χ0v) is 15.8. The molecule has 3 heterocycles. The summed E-state index contributed by atoms with van der Waals surface area (Å²) in [6.07, 6.45) is -3.45. The quantitative estimate of drug-likeness (QED) is 0.471. The third-order valence-corrected chi connectivity index (χ3v) is 5.18. The first-order valence-corrected chi connectivity index (χ1v) is 9.52. The maximum absolute atomic E-state index is 13.6. The molecule has 10 heteroatoms. The summed E-state index contributed by atoms with van der Waals surface area (Å²) < 4.78 is 45.8. The highest BCUT2D eigenvalue weighted by Crippen LogP contribution is 2.38. The van der Waals surface area contributed by atoms with Crippen LogP contribution in [0.25, 0.3) is 22.5 Å². The Morgan fingerprint density at radius 3 is 2.67 bits per heavy atom. The van der Waals surface area contributed by atoms with Gasteiger partial charge in [-0.25, -0.2) is 9.97 Å². The molecule has 0 aliphatic rings. The van der Waals surface area contributed by atoms with Gasteiger partial charge in [-0.3, -0.25) is 4.79 Å². The van der Waals surface area contributed by atoms with Crippen LogP contribution in [0.1, 0.15) is 16.8 Å². The highest BCUT2D eigenvalue weighted by molar-refractivity contribution is 7.98. The summed E-state index contributed by atoms with van der Waals surface area (Å²) in [6, 6.07) is 12.3. The lowest BCUT2D eigenvalue weighted by atomic mass is 10.1. The number of hydrogen-bond donors (Lipinski definition) is 1. The van der Waals surface area contributed by atoms with Crippen LogP contribution in [0.4, 0.5) is 13.2 Å². The van der Waals surface area contributed by atoms with Crippen molar-refractivity contribution >= 4 is 22.8 Å². The van der Waals surface area contributed by atoms with E-state index in [-0.39, 0.29) is 27.9 Å². The van der Waals surface area contributed by atoms with Gasteiger partial charge < -0.3 is 9.40 Å². The third-order valence-electron chi connectivity index (χ3n) is 4.19. The standard InChI is InChI=1S/C20H11F3N4O2S/c21-20(22,23)12-8-15(17-6-3-7-29-17)27-19(11(12)9-24)30-10-16-18(28)26-14-5-2-1-4-13(14)25-16/h1-8H,10H2,(H,26,28). The Morgan fingerprint density at radius 2 is 1.97 bits per heavy atom. The van der Waals surface area contributed by atoms with Crippen molar-refractivity contribution in [3.63, 3.8) is 0 Å². The molecule has 0 aliphatic heterocycles. The van der Waals surface area contributed by atoms with E-state index in [0.717, 1.165) is 17.8 Å². The molecule has 0 bridgehead atoms. The summed E-state index contributed by atoms with van der Waals surface area (Å²) in [7, 11) is 0. The van der Waals surface area contributed by atoms with E-state index in [0.29, 0.717) is 11.0 Å². The summed E-state index contributed by atoms with van der Waals surface area (Å²) in [5.41, 5.74) is -1.05. The lowest BCUT2D eigenvalue weighted by Gasteiger charge is -2.13. The summed E-state index contributed by atoms with van der Waals surface area (Å²) in [4.78, 5) is 23.4. The number of furan rings is 1. The first-order chi connectivity index (χ1) is 14.4. The minimum absolute atomic E-state index is 0.0609. The van der Waals surface area contributed by atoms with Crippen LogP contribution in [0.5, 0.6) is 0 Å². The van der Waals surface area contributed by atoms with Gasteiger partial charge >= 0.3 is 6.18 Å². The first-order valence-electron chi connectivity index (χ1n) is 8.54. The van der Waals surface area contributed by atoms with Gasteiger partial charge in [0.1, 0.15) is 22.5 Å². The Bertz CT molecular complexity index is 1320. The van der Waals surface area contributed by atoms with Crippen LogP contribution in [0.15, 0.2) is 63.0 Å². The molecule has 6 nitrogen and oxygen atoms in total. The van der Waals surface area contributed by atoms with Gasteiger partial charge in [-0.1, -0.05) is 23.9 Å². The molecule has 0 spiro atoms. The number of nitriles is 1. The molecule has 0 atom stereocenters. The first kappa shape index (κ1) is 19.7. The lowest BCUT2D eigenvalue weighted by Crippen LogP contribution is -2.14. The second-order valence-electron chi connectivity index (χ2n) is 6.14. The Balaban J connectivity index is 1.77. The topological polar surface area (TPSA) is 95.6 Å².